The normalized spacial score (nSPS) is 14.9. The van der Waals surface area contributed by atoms with Gasteiger partial charge in [-0.3, -0.25) is 0 Å². The van der Waals surface area contributed by atoms with Crippen LogP contribution < -0.4 is 5.73 Å². The number of H-pyrrole nitrogens is 1. The first-order valence-electron chi connectivity index (χ1n) is 6.47. The van der Waals surface area contributed by atoms with E-state index in [0.29, 0.717) is 12.0 Å². The SMILES string of the molecule is CC(N)CCCC(C)c1nc2ccc(Br)cc2[nH]1. The molecule has 2 unspecified atom stereocenters. The lowest BCUT2D eigenvalue weighted by atomic mass is 10.0. The molecule has 1 heterocycles. The maximum Gasteiger partial charge on any atom is 0.110 e. The van der Waals surface area contributed by atoms with Gasteiger partial charge in [0.2, 0.25) is 0 Å². The van der Waals surface area contributed by atoms with Crippen molar-refractivity contribution in [2.75, 3.05) is 0 Å². The van der Waals surface area contributed by atoms with Crippen LogP contribution in [-0.4, -0.2) is 16.0 Å². The second kappa shape index (κ2) is 5.85. The Morgan fingerprint density at radius 2 is 2.11 bits per heavy atom. The number of hydrogen-bond acceptors (Lipinski definition) is 2. The minimum absolute atomic E-state index is 0.295. The number of aromatic nitrogens is 2. The first kappa shape index (κ1) is 13.6. The van der Waals surface area contributed by atoms with Gasteiger partial charge in [0, 0.05) is 16.4 Å². The molecule has 0 aliphatic rings. The van der Waals surface area contributed by atoms with Crippen LogP contribution >= 0.6 is 15.9 Å². The molecule has 0 aliphatic carbocycles. The van der Waals surface area contributed by atoms with Gasteiger partial charge in [0.15, 0.2) is 0 Å². The highest BCUT2D eigenvalue weighted by molar-refractivity contribution is 9.10. The zero-order valence-corrected chi connectivity index (χ0v) is 12.5. The van der Waals surface area contributed by atoms with E-state index in [-0.39, 0.29) is 0 Å². The Bertz CT molecular complexity index is 519. The van der Waals surface area contributed by atoms with Crippen molar-refractivity contribution in [2.24, 2.45) is 5.73 Å². The molecular weight excluding hydrogens is 290 g/mol. The molecule has 2 atom stereocenters. The van der Waals surface area contributed by atoms with Gasteiger partial charge in [0.1, 0.15) is 5.82 Å². The van der Waals surface area contributed by atoms with E-state index in [1.807, 2.05) is 12.1 Å². The van der Waals surface area contributed by atoms with Crippen LogP contribution in [-0.2, 0) is 0 Å². The number of hydrogen-bond donors (Lipinski definition) is 2. The summed E-state index contributed by atoms with van der Waals surface area (Å²) in [4.78, 5) is 8.05. The summed E-state index contributed by atoms with van der Waals surface area (Å²) in [5.74, 6) is 1.53. The molecule has 0 saturated carbocycles. The van der Waals surface area contributed by atoms with Crippen molar-refractivity contribution in [1.82, 2.24) is 9.97 Å². The molecule has 18 heavy (non-hydrogen) atoms. The zero-order chi connectivity index (χ0) is 13.1. The second-order valence-corrected chi connectivity index (χ2v) is 6.01. The van der Waals surface area contributed by atoms with Crippen molar-refractivity contribution >= 4 is 27.0 Å². The third kappa shape index (κ3) is 3.33. The Morgan fingerprint density at radius 1 is 1.33 bits per heavy atom. The number of imidazole rings is 1. The van der Waals surface area contributed by atoms with E-state index in [1.54, 1.807) is 0 Å². The fourth-order valence-corrected chi connectivity index (χ4v) is 2.48. The minimum atomic E-state index is 0.295. The van der Waals surface area contributed by atoms with Crippen LogP contribution in [0.2, 0.25) is 0 Å². The van der Waals surface area contributed by atoms with E-state index in [2.05, 4.69) is 45.8 Å². The molecule has 0 amide bonds. The smallest absolute Gasteiger partial charge is 0.110 e. The maximum atomic E-state index is 5.77. The van der Waals surface area contributed by atoms with Gasteiger partial charge in [-0.1, -0.05) is 29.3 Å². The molecule has 1 aromatic carbocycles. The molecule has 3 nitrogen and oxygen atoms in total. The number of nitrogens with zero attached hydrogens (tertiary/aromatic N) is 1. The van der Waals surface area contributed by atoms with Crippen LogP contribution in [0.25, 0.3) is 11.0 Å². The molecule has 2 rings (SSSR count). The highest BCUT2D eigenvalue weighted by Gasteiger charge is 2.11. The Balaban J connectivity index is 2.06. The molecule has 3 N–H and O–H groups in total. The highest BCUT2D eigenvalue weighted by atomic mass is 79.9. The predicted molar refractivity (Wildman–Crippen MR) is 79.7 cm³/mol. The van der Waals surface area contributed by atoms with Gasteiger partial charge in [0.05, 0.1) is 11.0 Å². The van der Waals surface area contributed by atoms with E-state index >= 15 is 0 Å². The molecule has 0 radical (unpaired) electrons. The van der Waals surface area contributed by atoms with Crippen molar-refractivity contribution in [1.29, 1.82) is 0 Å². The first-order valence-corrected chi connectivity index (χ1v) is 7.26. The molecule has 0 aliphatic heterocycles. The molecule has 2 aromatic rings. The molecule has 0 saturated heterocycles. The highest BCUT2D eigenvalue weighted by Crippen LogP contribution is 2.24. The number of benzene rings is 1. The van der Waals surface area contributed by atoms with Gasteiger partial charge in [-0.2, -0.15) is 0 Å². The quantitative estimate of drug-likeness (QED) is 0.878. The van der Waals surface area contributed by atoms with E-state index in [4.69, 9.17) is 5.73 Å². The summed E-state index contributed by atoms with van der Waals surface area (Å²) < 4.78 is 1.08. The Hall–Kier alpha value is -0.870. The van der Waals surface area contributed by atoms with Crippen LogP contribution in [0.4, 0.5) is 0 Å². The Kier molecular flexibility index (Phi) is 4.40. The molecule has 98 valence electrons. The van der Waals surface area contributed by atoms with Crippen molar-refractivity contribution in [3.05, 3.63) is 28.5 Å². The summed E-state index contributed by atoms with van der Waals surface area (Å²) in [5, 5.41) is 0. The number of halogens is 1. The molecule has 0 spiro atoms. The summed E-state index contributed by atoms with van der Waals surface area (Å²) in [6, 6.07) is 6.42. The zero-order valence-electron chi connectivity index (χ0n) is 10.9. The first-order chi connectivity index (χ1) is 8.56. The lowest BCUT2D eigenvalue weighted by Crippen LogP contribution is -2.14. The van der Waals surface area contributed by atoms with Crippen molar-refractivity contribution < 1.29 is 0 Å². The van der Waals surface area contributed by atoms with Gasteiger partial charge < -0.3 is 10.7 Å². The molecule has 0 bridgehead atoms. The molecule has 1 aromatic heterocycles. The van der Waals surface area contributed by atoms with E-state index in [1.165, 1.54) is 0 Å². The minimum Gasteiger partial charge on any atom is -0.342 e. The monoisotopic (exact) mass is 309 g/mol. The van der Waals surface area contributed by atoms with Crippen molar-refractivity contribution in [3.8, 4) is 0 Å². The molecular formula is C14H20BrN3. The average molecular weight is 310 g/mol. The van der Waals surface area contributed by atoms with E-state index in [0.717, 1.165) is 40.6 Å². The second-order valence-electron chi connectivity index (χ2n) is 5.09. The number of fused-ring (bicyclic) bond motifs is 1. The van der Waals surface area contributed by atoms with Crippen molar-refractivity contribution in [3.63, 3.8) is 0 Å². The van der Waals surface area contributed by atoms with Crippen LogP contribution in [0.15, 0.2) is 22.7 Å². The van der Waals surface area contributed by atoms with Gasteiger partial charge in [-0.25, -0.2) is 4.98 Å². The lowest BCUT2D eigenvalue weighted by Gasteiger charge is -2.09. The van der Waals surface area contributed by atoms with Gasteiger partial charge in [0.25, 0.3) is 0 Å². The van der Waals surface area contributed by atoms with E-state index < -0.39 is 0 Å². The summed E-state index contributed by atoms with van der Waals surface area (Å²) in [7, 11) is 0. The number of rotatable bonds is 5. The summed E-state index contributed by atoms with van der Waals surface area (Å²) in [5.41, 5.74) is 7.90. The van der Waals surface area contributed by atoms with E-state index in [9.17, 15) is 0 Å². The third-order valence-electron chi connectivity index (χ3n) is 3.23. The standard InChI is InChI=1S/C14H20BrN3/c1-9(4-3-5-10(2)16)14-17-12-7-6-11(15)8-13(12)18-14/h6-10H,3-5,16H2,1-2H3,(H,17,18). The van der Waals surface area contributed by atoms with Gasteiger partial charge in [-0.15, -0.1) is 0 Å². The summed E-state index contributed by atoms with van der Waals surface area (Å²) >= 11 is 3.47. The fraction of sp³-hybridized carbons (Fsp3) is 0.500. The predicted octanol–water partition coefficient (Wildman–Crippen LogP) is 3.95. The average Bonchev–Trinajstić information content (AvgIpc) is 2.71. The topological polar surface area (TPSA) is 54.7 Å². The van der Waals surface area contributed by atoms with Crippen LogP contribution in [0, 0.1) is 0 Å². The van der Waals surface area contributed by atoms with Crippen LogP contribution in [0.3, 0.4) is 0 Å². The maximum absolute atomic E-state index is 5.77. The largest absolute Gasteiger partial charge is 0.342 e. The van der Waals surface area contributed by atoms with Gasteiger partial charge >= 0.3 is 0 Å². The number of nitrogens with two attached hydrogens (primary N) is 1. The number of aromatic amines is 1. The van der Waals surface area contributed by atoms with Crippen LogP contribution in [0.5, 0.6) is 0 Å². The third-order valence-corrected chi connectivity index (χ3v) is 3.72. The summed E-state index contributed by atoms with van der Waals surface area (Å²) in [6.45, 7) is 4.28. The fourth-order valence-electron chi connectivity index (χ4n) is 2.12. The van der Waals surface area contributed by atoms with Crippen LogP contribution in [0.1, 0.15) is 44.9 Å². The lowest BCUT2D eigenvalue weighted by molar-refractivity contribution is 0.546. The molecule has 0 fully saturated rings. The Morgan fingerprint density at radius 3 is 2.83 bits per heavy atom. The molecule has 4 heteroatoms. The summed E-state index contributed by atoms with van der Waals surface area (Å²) in [6.07, 6.45) is 3.36. The number of nitrogens with one attached hydrogen (secondary N) is 1. The van der Waals surface area contributed by atoms with Crippen molar-refractivity contribution in [2.45, 2.75) is 45.1 Å². The van der Waals surface area contributed by atoms with Gasteiger partial charge in [-0.05, 0) is 38.0 Å². The Labute approximate surface area is 116 Å².